The number of benzene rings is 2. The zero-order chi connectivity index (χ0) is 24.7. The molecule has 1 N–H and O–H groups in total. The summed E-state index contributed by atoms with van der Waals surface area (Å²) in [6, 6.07) is 12.4. The molecule has 0 heterocycles. The van der Waals surface area contributed by atoms with E-state index in [4.69, 9.17) is 21.1 Å². The summed E-state index contributed by atoms with van der Waals surface area (Å²) in [5.41, 5.74) is 0.779. The van der Waals surface area contributed by atoms with Crippen molar-refractivity contribution in [3.8, 4) is 0 Å². The molecule has 0 aliphatic heterocycles. The van der Waals surface area contributed by atoms with E-state index in [0.29, 0.717) is 22.9 Å². The second-order valence-corrected chi connectivity index (χ2v) is 9.97. The Kier molecular flexibility index (Phi) is 8.95. The number of rotatable bonds is 8. The normalized spacial score (nSPS) is 16.4. The van der Waals surface area contributed by atoms with Crippen LogP contribution in [-0.2, 0) is 19.7 Å². The highest BCUT2D eigenvalue weighted by molar-refractivity contribution is 6.30. The lowest BCUT2D eigenvalue weighted by atomic mass is 9.76. The highest BCUT2D eigenvalue weighted by atomic mass is 35.5. The van der Waals surface area contributed by atoms with Gasteiger partial charge < -0.3 is 14.8 Å². The van der Waals surface area contributed by atoms with Gasteiger partial charge in [0.2, 0.25) is 0 Å². The van der Waals surface area contributed by atoms with Crippen LogP contribution in [0.4, 0.5) is 9.18 Å². The standard InChI is InChI=1S/C27H33ClFNO4/c1-27(2,20-10-7-11-21(28)17-20)24(19-12-14-22(29)15-13-19)34-26(32)30-23(25(31)33-3)16-18-8-5-4-6-9-18/h7,10-15,17-18,23-24H,4-6,8-9,16H2,1-3H3,(H,30,32)/t23-,24-/m0/s1. The van der Waals surface area contributed by atoms with Crippen LogP contribution in [0.3, 0.4) is 0 Å². The SMILES string of the molecule is COC(=O)[C@H](CC1CCCCC1)NC(=O)O[C@@H](c1ccc(F)cc1)C(C)(C)c1cccc(Cl)c1. The van der Waals surface area contributed by atoms with E-state index in [-0.39, 0.29) is 5.82 Å². The van der Waals surface area contributed by atoms with Crippen molar-refractivity contribution < 1.29 is 23.5 Å². The fourth-order valence-electron chi connectivity index (χ4n) is 4.71. The van der Waals surface area contributed by atoms with Crippen molar-refractivity contribution in [2.75, 3.05) is 7.11 Å². The number of carbonyl (C=O) groups excluding carboxylic acids is 2. The molecule has 1 aliphatic rings. The van der Waals surface area contributed by atoms with Gasteiger partial charge in [-0.3, -0.25) is 0 Å². The van der Waals surface area contributed by atoms with Crippen LogP contribution in [0.15, 0.2) is 48.5 Å². The molecule has 0 spiro atoms. The van der Waals surface area contributed by atoms with Crippen LogP contribution in [0, 0.1) is 11.7 Å². The summed E-state index contributed by atoms with van der Waals surface area (Å²) in [7, 11) is 1.31. The number of hydrogen-bond acceptors (Lipinski definition) is 4. The highest BCUT2D eigenvalue weighted by Crippen LogP contribution is 2.40. The lowest BCUT2D eigenvalue weighted by molar-refractivity contribution is -0.143. The molecule has 0 saturated heterocycles. The average molecular weight is 490 g/mol. The first kappa shape index (κ1) is 26.0. The van der Waals surface area contributed by atoms with Crippen LogP contribution < -0.4 is 5.32 Å². The largest absolute Gasteiger partial charge is 0.467 e. The van der Waals surface area contributed by atoms with Gasteiger partial charge in [-0.2, -0.15) is 0 Å². The molecule has 0 aromatic heterocycles. The van der Waals surface area contributed by atoms with Gasteiger partial charge in [0.25, 0.3) is 0 Å². The molecule has 184 valence electrons. The Bertz CT molecular complexity index is 973. The molecular weight excluding hydrogens is 457 g/mol. The summed E-state index contributed by atoms with van der Waals surface area (Å²) in [6.45, 7) is 3.86. The minimum absolute atomic E-state index is 0.356. The molecule has 1 fully saturated rings. The minimum atomic E-state index is -0.788. The Balaban J connectivity index is 1.83. The third kappa shape index (κ3) is 6.72. The third-order valence-electron chi connectivity index (χ3n) is 6.69. The van der Waals surface area contributed by atoms with Crippen LogP contribution in [0.25, 0.3) is 0 Å². The van der Waals surface area contributed by atoms with E-state index in [2.05, 4.69) is 5.32 Å². The number of esters is 1. The minimum Gasteiger partial charge on any atom is -0.467 e. The number of hydrogen-bond donors (Lipinski definition) is 1. The van der Waals surface area contributed by atoms with E-state index in [1.54, 1.807) is 18.2 Å². The van der Waals surface area contributed by atoms with Gasteiger partial charge in [0, 0.05) is 10.4 Å². The van der Waals surface area contributed by atoms with E-state index in [1.807, 2.05) is 32.0 Å². The van der Waals surface area contributed by atoms with Crippen LogP contribution >= 0.6 is 11.6 Å². The Morgan fingerprint density at radius 2 is 1.79 bits per heavy atom. The van der Waals surface area contributed by atoms with Gasteiger partial charge in [0.05, 0.1) is 7.11 Å². The number of ether oxygens (including phenoxy) is 2. The Morgan fingerprint density at radius 3 is 2.41 bits per heavy atom. The Hall–Kier alpha value is -2.60. The number of methoxy groups -OCH3 is 1. The van der Waals surface area contributed by atoms with Crippen molar-refractivity contribution in [1.29, 1.82) is 0 Å². The zero-order valence-electron chi connectivity index (χ0n) is 20.0. The van der Waals surface area contributed by atoms with Gasteiger partial charge >= 0.3 is 12.1 Å². The number of alkyl carbamates (subject to hydrolysis) is 1. The van der Waals surface area contributed by atoms with E-state index in [9.17, 15) is 14.0 Å². The van der Waals surface area contributed by atoms with Crippen molar-refractivity contribution in [2.24, 2.45) is 5.92 Å². The summed E-state index contributed by atoms with van der Waals surface area (Å²) in [5, 5.41) is 3.29. The predicted octanol–water partition coefficient (Wildman–Crippen LogP) is 6.74. The van der Waals surface area contributed by atoms with Crippen molar-refractivity contribution >= 4 is 23.7 Å². The molecule has 5 nitrogen and oxygen atoms in total. The van der Waals surface area contributed by atoms with Gasteiger partial charge in [0.15, 0.2) is 0 Å². The molecule has 0 bridgehead atoms. The first-order valence-corrected chi connectivity index (χ1v) is 12.1. The molecule has 3 rings (SSSR count). The molecule has 1 saturated carbocycles. The second-order valence-electron chi connectivity index (χ2n) is 9.53. The Morgan fingerprint density at radius 1 is 1.12 bits per heavy atom. The maximum absolute atomic E-state index is 13.6. The van der Waals surface area contributed by atoms with E-state index >= 15 is 0 Å². The summed E-state index contributed by atoms with van der Waals surface area (Å²) < 4.78 is 24.5. The van der Waals surface area contributed by atoms with Gasteiger partial charge in [-0.15, -0.1) is 0 Å². The number of nitrogens with one attached hydrogen (secondary N) is 1. The summed E-state index contributed by atoms with van der Waals surface area (Å²) in [6.07, 6.45) is 4.55. The molecule has 1 amide bonds. The van der Waals surface area contributed by atoms with Gasteiger partial charge in [-0.05, 0) is 47.7 Å². The Labute approximate surface area is 206 Å². The molecule has 2 aromatic rings. The smallest absolute Gasteiger partial charge is 0.408 e. The monoisotopic (exact) mass is 489 g/mol. The molecule has 0 radical (unpaired) electrons. The molecule has 2 atom stereocenters. The van der Waals surface area contributed by atoms with Crippen molar-refractivity contribution in [3.63, 3.8) is 0 Å². The van der Waals surface area contributed by atoms with Crippen molar-refractivity contribution in [1.82, 2.24) is 5.32 Å². The highest BCUT2D eigenvalue weighted by Gasteiger charge is 2.37. The van der Waals surface area contributed by atoms with Gasteiger partial charge in [0.1, 0.15) is 18.0 Å². The maximum atomic E-state index is 13.6. The average Bonchev–Trinajstić information content (AvgIpc) is 2.83. The van der Waals surface area contributed by atoms with Gasteiger partial charge in [-0.1, -0.05) is 81.8 Å². The molecule has 34 heavy (non-hydrogen) atoms. The fraction of sp³-hybridized carbons (Fsp3) is 0.481. The van der Waals surface area contributed by atoms with E-state index in [0.717, 1.165) is 31.2 Å². The third-order valence-corrected chi connectivity index (χ3v) is 6.93. The number of amides is 1. The summed E-state index contributed by atoms with van der Waals surface area (Å²) in [4.78, 5) is 25.5. The van der Waals surface area contributed by atoms with E-state index in [1.165, 1.54) is 25.7 Å². The number of carbonyl (C=O) groups is 2. The molecule has 1 aliphatic carbocycles. The van der Waals surface area contributed by atoms with Crippen LogP contribution in [-0.4, -0.2) is 25.2 Å². The quantitative estimate of drug-likeness (QED) is 0.417. The lowest BCUT2D eigenvalue weighted by Gasteiger charge is -2.35. The predicted molar refractivity (Wildman–Crippen MR) is 130 cm³/mol. The van der Waals surface area contributed by atoms with E-state index < -0.39 is 29.6 Å². The molecular formula is C27H33ClFNO4. The first-order chi connectivity index (χ1) is 16.2. The molecule has 2 aromatic carbocycles. The number of halogens is 2. The molecule has 0 unspecified atom stereocenters. The maximum Gasteiger partial charge on any atom is 0.408 e. The summed E-state index contributed by atoms with van der Waals surface area (Å²) >= 11 is 6.22. The topological polar surface area (TPSA) is 64.6 Å². The molecule has 7 heteroatoms. The van der Waals surface area contributed by atoms with Gasteiger partial charge in [-0.25, -0.2) is 14.0 Å². The summed E-state index contributed by atoms with van der Waals surface area (Å²) in [5.74, 6) is -0.519. The van der Waals surface area contributed by atoms with Crippen LogP contribution in [0.2, 0.25) is 5.02 Å². The first-order valence-electron chi connectivity index (χ1n) is 11.8. The fourth-order valence-corrected chi connectivity index (χ4v) is 4.90. The van der Waals surface area contributed by atoms with Crippen LogP contribution in [0.5, 0.6) is 0 Å². The van der Waals surface area contributed by atoms with Crippen molar-refractivity contribution in [2.45, 2.75) is 69.9 Å². The second kappa shape index (κ2) is 11.7. The lowest BCUT2D eigenvalue weighted by Crippen LogP contribution is -2.44. The van der Waals surface area contributed by atoms with Crippen molar-refractivity contribution in [3.05, 3.63) is 70.5 Å². The van der Waals surface area contributed by atoms with Crippen LogP contribution in [0.1, 0.15) is 69.6 Å². The zero-order valence-corrected chi connectivity index (χ0v) is 20.7.